The highest BCUT2D eigenvalue weighted by Crippen LogP contribution is 2.37. The monoisotopic (exact) mass is 630 g/mol. The Bertz CT molecular complexity index is 1640. The van der Waals surface area contributed by atoms with Crippen LogP contribution in [0.25, 0.3) is 6.08 Å². The van der Waals surface area contributed by atoms with Crippen LogP contribution in [0, 0.1) is 0 Å². The van der Waals surface area contributed by atoms with Crippen molar-refractivity contribution in [2.75, 3.05) is 34.0 Å². The van der Waals surface area contributed by atoms with Crippen LogP contribution in [0.2, 0.25) is 0 Å². The summed E-state index contributed by atoms with van der Waals surface area (Å²) < 4.78 is 30.5. The number of fused-ring (bicyclic) bond motifs is 1. The first-order chi connectivity index (χ1) is 19.3. The number of hydrogen-bond acceptors (Lipinski definition) is 9. The third-order valence-electron chi connectivity index (χ3n) is 6.15. The van der Waals surface area contributed by atoms with Crippen molar-refractivity contribution >= 4 is 39.3 Å². The van der Waals surface area contributed by atoms with Crippen LogP contribution in [0.5, 0.6) is 23.0 Å². The van der Waals surface area contributed by atoms with Crippen LogP contribution in [0.4, 0.5) is 0 Å². The fourth-order valence-electron chi connectivity index (χ4n) is 4.52. The number of ether oxygens (including phenoxy) is 5. The van der Waals surface area contributed by atoms with Gasteiger partial charge in [-0.05, 0) is 85.1 Å². The lowest BCUT2D eigenvalue weighted by molar-refractivity contribution is -0.139. The van der Waals surface area contributed by atoms with Crippen molar-refractivity contribution in [2.45, 2.75) is 33.7 Å². The lowest BCUT2D eigenvalue weighted by Gasteiger charge is -2.25. The summed E-state index contributed by atoms with van der Waals surface area (Å²) in [5.41, 5.74) is 1.89. The van der Waals surface area contributed by atoms with Crippen LogP contribution in [0.3, 0.4) is 0 Å². The van der Waals surface area contributed by atoms with E-state index in [2.05, 4.69) is 20.9 Å². The van der Waals surface area contributed by atoms with Gasteiger partial charge in [-0.1, -0.05) is 17.4 Å². The van der Waals surface area contributed by atoms with Gasteiger partial charge >= 0.3 is 5.97 Å². The number of esters is 1. The number of allylic oxidation sites excluding steroid dienone is 1. The molecule has 11 heteroatoms. The quantitative estimate of drug-likeness (QED) is 0.307. The second-order valence-electron chi connectivity index (χ2n) is 8.61. The van der Waals surface area contributed by atoms with Crippen LogP contribution in [-0.4, -0.2) is 44.6 Å². The lowest BCUT2D eigenvalue weighted by Crippen LogP contribution is -2.40. The Kier molecular flexibility index (Phi) is 9.36. The van der Waals surface area contributed by atoms with E-state index in [1.165, 1.54) is 15.9 Å². The molecule has 0 saturated heterocycles. The Morgan fingerprint density at radius 1 is 1.02 bits per heavy atom. The summed E-state index contributed by atoms with van der Waals surface area (Å²) in [5.74, 6) is 1.65. The minimum absolute atomic E-state index is 0.189. The van der Waals surface area contributed by atoms with Crippen molar-refractivity contribution in [3.8, 4) is 23.0 Å². The van der Waals surface area contributed by atoms with Gasteiger partial charge in [0.2, 0.25) is 0 Å². The van der Waals surface area contributed by atoms with E-state index in [0.717, 1.165) is 5.56 Å². The molecule has 0 aliphatic carbocycles. The van der Waals surface area contributed by atoms with Crippen molar-refractivity contribution in [3.05, 3.63) is 76.9 Å². The molecule has 4 rings (SSSR count). The maximum Gasteiger partial charge on any atom is 0.338 e. The molecule has 0 saturated carbocycles. The number of thiazole rings is 1. The fourth-order valence-corrected chi connectivity index (χ4v) is 6.19. The molecule has 40 heavy (non-hydrogen) atoms. The second-order valence-corrected chi connectivity index (χ2v) is 10.5. The number of halogens is 1. The van der Waals surface area contributed by atoms with Gasteiger partial charge < -0.3 is 23.7 Å². The molecule has 2 aromatic carbocycles. The number of carbonyl (C=O) groups is 1. The summed E-state index contributed by atoms with van der Waals surface area (Å²) in [6, 6.07) is 8.28. The number of hydrogen-bond donors (Lipinski definition) is 0. The Balaban J connectivity index is 1.95. The van der Waals surface area contributed by atoms with Crippen molar-refractivity contribution in [2.24, 2.45) is 4.99 Å². The van der Waals surface area contributed by atoms with E-state index in [1.807, 2.05) is 26.0 Å². The molecule has 1 aliphatic rings. The van der Waals surface area contributed by atoms with E-state index in [4.69, 9.17) is 23.7 Å². The topological polar surface area (TPSA) is 97.6 Å². The molecule has 1 aliphatic heterocycles. The maximum atomic E-state index is 14.0. The molecule has 0 bridgehead atoms. The highest BCUT2D eigenvalue weighted by atomic mass is 79.9. The third-order valence-corrected chi connectivity index (χ3v) is 7.73. The van der Waals surface area contributed by atoms with E-state index in [-0.39, 0.29) is 12.2 Å². The van der Waals surface area contributed by atoms with E-state index < -0.39 is 12.0 Å². The Morgan fingerprint density at radius 2 is 1.75 bits per heavy atom. The van der Waals surface area contributed by atoms with Crippen molar-refractivity contribution < 1.29 is 28.5 Å². The van der Waals surface area contributed by atoms with Gasteiger partial charge in [-0.2, -0.15) is 0 Å². The van der Waals surface area contributed by atoms with Gasteiger partial charge in [0.1, 0.15) is 0 Å². The normalized spacial score (nSPS) is 14.9. The van der Waals surface area contributed by atoms with Gasteiger partial charge in [0.05, 0.1) is 60.4 Å². The van der Waals surface area contributed by atoms with Gasteiger partial charge in [0.25, 0.3) is 5.56 Å². The molecule has 9 nitrogen and oxygen atoms in total. The smallest absolute Gasteiger partial charge is 0.338 e. The predicted molar refractivity (Wildman–Crippen MR) is 156 cm³/mol. The Morgan fingerprint density at radius 3 is 2.40 bits per heavy atom. The number of aromatic nitrogens is 1. The second kappa shape index (κ2) is 12.7. The van der Waals surface area contributed by atoms with Crippen LogP contribution < -0.4 is 33.8 Å². The zero-order chi connectivity index (χ0) is 29.0. The summed E-state index contributed by atoms with van der Waals surface area (Å²) in [4.78, 5) is 32.3. The van der Waals surface area contributed by atoms with E-state index in [1.54, 1.807) is 52.3 Å². The first-order valence-corrected chi connectivity index (χ1v) is 14.4. The summed E-state index contributed by atoms with van der Waals surface area (Å²) in [7, 11) is 3.11. The summed E-state index contributed by atoms with van der Waals surface area (Å²) >= 11 is 4.75. The molecule has 0 unspecified atom stereocenters. The third kappa shape index (κ3) is 5.66. The summed E-state index contributed by atoms with van der Waals surface area (Å²) in [6.45, 7) is 8.34. The molecular formula is C29H31BrN2O7S. The molecule has 0 N–H and O–H groups in total. The van der Waals surface area contributed by atoms with Crippen molar-refractivity contribution in [3.63, 3.8) is 0 Å². The highest BCUT2D eigenvalue weighted by Gasteiger charge is 2.34. The minimum atomic E-state index is -0.774. The summed E-state index contributed by atoms with van der Waals surface area (Å²) in [6.07, 6.45) is 1.76. The number of carbonyl (C=O) groups excluding carboxylic acids is 1. The van der Waals surface area contributed by atoms with Gasteiger partial charge in [0.15, 0.2) is 27.8 Å². The highest BCUT2D eigenvalue weighted by molar-refractivity contribution is 9.10. The molecule has 0 spiro atoms. The number of methoxy groups -OCH3 is 2. The van der Waals surface area contributed by atoms with Gasteiger partial charge in [0, 0.05) is 0 Å². The number of benzene rings is 2. The zero-order valence-electron chi connectivity index (χ0n) is 23.2. The van der Waals surface area contributed by atoms with Crippen LogP contribution >= 0.6 is 27.3 Å². The first kappa shape index (κ1) is 29.4. The molecule has 1 aromatic heterocycles. The van der Waals surface area contributed by atoms with E-state index in [0.29, 0.717) is 66.9 Å². The SMILES string of the molecule is CCOC(=O)C1=C(C)N=c2s/c(=C\c3cc(Br)c(OC)c(OC)c3)c(=O)n2[C@@H]1c1ccc(OCC)c(OCC)c1. The van der Waals surface area contributed by atoms with Crippen LogP contribution in [-0.2, 0) is 9.53 Å². The Hall–Kier alpha value is -3.57. The average molecular weight is 632 g/mol. The van der Waals surface area contributed by atoms with Crippen molar-refractivity contribution in [1.29, 1.82) is 0 Å². The molecule has 0 radical (unpaired) electrons. The van der Waals surface area contributed by atoms with Gasteiger partial charge in [-0.3, -0.25) is 9.36 Å². The first-order valence-electron chi connectivity index (χ1n) is 12.8. The zero-order valence-corrected chi connectivity index (χ0v) is 25.6. The largest absolute Gasteiger partial charge is 0.493 e. The lowest BCUT2D eigenvalue weighted by atomic mass is 9.95. The summed E-state index contributed by atoms with van der Waals surface area (Å²) in [5, 5.41) is 0. The molecule has 2 heterocycles. The van der Waals surface area contributed by atoms with Gasteiger partial charge in [-0.25, -0.2) is 9.79 Å². The molecule has 212 valence electrons. The van der Waals surface area contributed by atoms with Crippen LogP contribution in [0.1, 0.15) is 44.9 Å². The van der Waals surface area contributed by atoms with Crippen molar-refractivity contribution in [1.82, 2.24) is 4.57 Å². The fraction of sp³-hybridized carbons (Fsp3) is 0.345. The maximum absolute atomic E-state index is 14.0. The molecule has 1 atom stereocenters. The molecule has 3 aromatic rings. The van der Waals surface area contributed by atoms with Crippen LogP contribution in [0.15, 0.2) is 55.9 Å². The Labute approximate surface area is 244 Å². The average Bonchev–Trinajstić information content (AvgIpc) is 3.22. The predicted octanol–water partition coefficient (Wildman–Crippen LogP) is 4.38. The standard InChI is InChI=1S/C29H31BrN2O7S/c1-7-37-20-11-10-18(15-21(20)38-8-2)25-24(28(34)39-9-3)16(4)31-29-32(25)27(33)23(40-29)14-17-12-19(30)26(36-6)22(13-17)35-5/h10-15,25H,7-9H2,1-6H3/b23-14-/t25-/m1/s1. The van der Waals surface area contributed by atoms with E-state index in [9.17, 15) is 9.59 Å². The van der Waals surface area contributed by atoms with Gasteiger partial charge in [-0.15, -0.1) is 0 Å². The van der Waals surface area contributed by atoms with E-state index >= 15 is 0 Å². The minimum Gasteiger partial charge on any atom is -0.493 e. The molecular weight excluding hydrogens is 600 g/mol. The number of nitrogens with zero attached hydrogens (tertiary/aromatic N) is 2. The number of rotatable bonds is 10. The molecule has 0 amide bonds. The molecule has 0 fully saturated rings.